The predicted octanol–water partition coefficient (Wildman–Crippen LogP) is 3.98. The first-order valence-corrected chi connectivity index (χ1v) is 11.9. The number of amides is 1. The van der Waals surface area contributed by atoms with Gasteiger partial charge in [-0.2, -0.15) is 17.9 Å². The lowest BCUT2D eigenvalue weighted by molar-refractivity contribution is -0.138. The number of benzene rings is 1. The monoisotopic (exact) mass is 468 g/mol. The van der Waals surface area contributed by atoms with Crippen molar-refractivity contribution in [2.75, 3.05) is 55.1 Å². The standard InChI is InChI=1S/C21H27F3N6OS/c1-32-26-19-6-9-30(25-19)20(31)29-12-10-27(11-13-29)15-16-14-17(28-7-2-3-8-28)4-5-18(16)21(22,23)24/h4-6,9,14H,2-3,7-8,10-13,15H2,1H3,(H,25,26). The van der Waals surface area contributed by atoms with Gasteiger partial charge in [-0.15, -0.1) is 5.10 Å². The van der Waals surface area contributed by atoms with E-state index >= 15 is 0 Å². The lowest BCUT2D eigenvalue weighted by Crippen LogP contribution is -2.49. The highest BCUT2D eigenvalue weighted by atomic mass is 32.2. The van der Waals surface area contributed by atoms with Gasteiger partial charge in [0.25, 0.3) is 0 Å². The van der Waals surface area contributed by atoms with Gasteiger partial charge >= 0.3 is 12.2 Å². The van der Waals surface area contributed by atoms with Crippen molar-refractivity contribution in [1.82, 2.24) is 19.6 Å². The van der Waals surface area contributed by atoms with E-state index in [1.807, 2.05) is 11.2 Å². The van der Waals surface area contributed by atoms with Crippen molar-refractivity contribution < 1.29 is 18.0 Å². The van der Waals surface area contributed by atoms with Crippen molar-refractivity contribution in [3.8, 4) is 0 Å². The Balaban J connectivity index is 1.41. The first kappa shape index (κ1) is 22.8. The van der Waals surface area contributed by atoms with Crippen LogP contribution in [0.2, 0.25) is 0 Å². The lowest BCUT2D eigenvalue weighted by atomic mass is 10.0. The second-order valence-electron chi connectivity index (χ2n) is 8.03. The number of carbonyl (C=O) groups excluding carboxylic acids is 1. The molecule has 2 saturated heterocycles. The van der Waals surface area contributed by atoms with E-state index in [-0.39, 0.29) is 12.6 Å². The number of piperazine rings is 1. The average molecular weight is 469 g/mol. The molecule has 1 aromatic heterocycles. The zero-order valence-electron chi connectivity index (χ0n) is 17.9. The molecule has 4 rings (SSSR count). The summed E-state index contributed by atoms with van der Waals surface area (Å²) in [6.45, 7) is 3.87. The maximum atomic E-state index is 13.6. The van der Waals surface area contributed by atoms with Crippen LogP contribution in [0.1, 0.15) is 24.0 Å². The van der Waals surface area contributed by atoms with Crippen LogP contribution in [0.15, 0.2) is 30.5 Å². The van der Waals surface area contributed by atoms with Crippen LogP contribution >= 0.6 is 11.9 Å². The van der Waals surface area contributed by atoms with E-state index in [1.165, 1.54) is 22.7 Å². The molecule has 1 aromatic carbocycles. The molecule has 0 unspecified atom stereocenters. The third-order valence-corrected chi connectivity index (χ3v) is 6.31. The molecule has 2 aliphatic rings. The Kier molecular flexibility index (Phi) is 6.85. The van der Waals surface area contributed by atoms with Crippen molar-refractivity contribution in [2.45, 2.75) is 25.6 Å². The van der Waals surface area contributed by atoms with Gasteiger partial charge in [-0.3, -0.25) is 4.90 Å². The minimum atomic E-state index is -4.39. The Labute approximate surface area is 189 Å². The van der Waals surface area contributed by atoms with E-state index in [2.05, 4.69) is 14.7 Å². The zero-order chi connectivity index (χ0) is 22.7. The van der Waals surface area contributed by atoms with Gasteiger partial charge in [0.1, 0.15) is 0 Å². The molecule has 1 N–H and O–H groups in total. The number of nitrogens with zero attached hydrogens (tertiary/aromatic N) is 5. The molecule has 0 bridgehead atoms. The van der Waals surface area contributed by atoms with Crippen LogP contribution in [-0.4, -0.2) is 71.1 Å². The number of anilines is 2. The summed E-state index contributed by atoms with van der Waals surface area (Å²) < 4.78 is 45.1. The minimum Gasteiger partial charge on any atom is -0.372 e. The van der Waals surface area contributed by atoms with Gasteiger partial charge < -0.3 is 14.5 Å². The summed E-state index contributed by atoms with van der Waals surface area (Å²) in [6, 6.07) is 5.97. The van der Waals surface area contributed by atoms with Gasteiger partial charge in [-0.05, 0) is 36.6 Å². The molecule has 11 heteroatoms. The number of rotatable bonds is 5. The highest BCUT2D eigenvalue weighted by molar-refractivity contribution is 7.99. The first-order valence-electron chi connectivity index (χ1n) is 10.7. The van der Waals surface area contributed by atoms with Crippen LogP contribution < -0.4 is 9.62 Å². The molecule has 2 fully saturated rings. The van der Waals surface area contributed by atoms with E-state index < -0.39 is 11.7 Å². The van der Waals surface area contributed by atoms with Crippen LogP contribution in [0.4, 0.5) is 29.5 Å². The molecule has 0 aliphatic carbocycles. The quantitative estimate of drug-likeness (QED) is 0.670. The fourth-order valence-corrected chi connectivity index (χ4v) is 4.55. The lowest BCUT2D eigenvalue weighted by Gasteiger charge is -2.35. The van der Waals surface area contributed by atoms with E-state index in [0.29, 0.717) is 37.6 Å². The largest absolute Gasteiger partial charge is 0.416 e. The van der Waals surface area contributed by atoms with Crippen molar-refractivity contribution in [3.63, 3.8) is 0 Å². The zero-order valence-corrected chi connectivity index (χ0v) is 18.8. The minimum absolute atomic E-state index is 0.210. The second kappa shape index (κ2) is 9.62. The third-order valence-electron chi connectivity index (χ3n) is 5.89. The molecular weight excluding hydrogens is 441 g/mol. The number of halogens is 3. The summed E-state index contributed by atoms with van der Waals surface area (Å²) in [4.78, 5) is 18.5. The Morgan fingerprint density at radius 2 is 1.81 bits per heavy atom. The third kappa shape index (κ3) is 5.15. The first-order chi connectivity index (χ1) is 15.3. The maximum Gasteiger partial charge on any atom is 0.416 e. The predicted molar refractivity (Wildman–Crippen MR) is 120 cm³/mol. The van der Waals surface area contributed by atoms with Crippen molar-refractivity contribution >= 4 is 29.5 Å². The summed E-state index contributed by atoms with van der Waals surface area (Å²) in [5.41, 5.74) is 0.568. The normalized spacial score (nSPS) is 17.8. The molecule has 7 nitrogen and oxygen atoms in total. The highest BCUT2D eigenvalue weighted by Gasteiger charge is 2.34. The Hall–Kier alpha value is -2.40. The summed E-state index contributed by atoms with van der Waals surface area (Å²) in [5, 5.41) is 4.20. The molecule has 32 heavy (non-hydrogen) atoms. The number of hydrogen-bond donors (Lipinski definition) is 1. The molecule has 2 aliphatic heterocycles. The fraction of sp³-hybridized carbons (Fsp3) is 0.524. The van der Waals surface area contributed by atoms with Gasteiger partial charge in [0, 0.05) is 70.0 Å². The molecule has 0 saturated carbocycles. The van der Waals surface area contributed by atoms with Crippen LogP contribution in [-0.2, 0) is 12.7 Å². The number of alkyl halides is 3. The van der Waals surface area contributed by atoms with E-state index in [0.717, 1.165) is 31.6 Å². The van der Waals surface area contributed by atoms with Gasteiger partial charge in [0.15, 0.2) is 5.82 Å². The molecule has 1 amide bonds. The van der Waals surface area contributed by atoms with Crippen molar-refractivity contribution in [3.05, 3.63) is 41.6 Å². The topological polar surface area (TPSA) is 56.6 Å². The SMILES string of the molecule is CSNc1ccn(C(=O)N2CCN(Cc3cc(N4CCCC4)ccc3C(F)(F)F)CC2)n1. The van der Waals surface area contributed by atoms with Crippen LogP contribution in [0.3, 0.4) is 0 Å². The molecule has 0 radical (unpaired) electrons. The molecule has 0 spiro atoms. The molecular formula is C21H27F3N6OS. The molecule has 3 heterocycles. The molecule has 2 aromatic rings. The van der Waals surface area contributed by atoms with Gasteiger partial charge in [0.05, 0.1) is 5.56 Å². The number of carbonyl (C=O) groups is 1. The van der Waals surface area contributed by atoms with Gasteiger partial charge in [0.2, 0.25) is 0 Å². The van der Waals surface area contributed by atoms with E-state index in [1.54, 1.807) is 29.3 Å². The summed E-state index contributed by atoms with van der Waals surface area (Å²) in [7, 11) is 0. The second-order valence-corrected chi connectivity index (χ2v) is 8.64. The summed E-state index contributed by atoms with van der Waals surface area (Å²) >= 11 is 1.39. The van der Waals surface area contributed by atoms with E-state index in [4.69, 9.17) is 0 Å². The number of hydrogen-bond acceptors (Lipinski definition) is 6. The van der Waals surface area contributed by atoms with Gasteiger partial charge in [-0.1, -0.05) is 11.9 Å². The summed E-state index contributed by atoms with van der Waals surface area (Å²) in [6.07, 6.45) is 1.21. The fourth-order valence-electron chi connectivity index (χ4n) is 4.23. The number of nitrogens with one attached hydrogen (secondary N) is 1. The maximum absolute atomic E-state index is 13.6. The smallest absolute Gasteiger partial charge is 0.372 e. The Morgan fingerprint density at radius 1 is 1.09 bits per heavy atom. The molecule has 0 atom stereocenters. The van der Waals surface area contributed by atoms with E-state index in [9.17, 15) is 18.0 Å². The Bertz CT molecular complexity index is 936. The van der Waals surface area contributed by atoms with Crippen LogP contribution in [0.25, 0.3) is 0 Å². The number of aromatic nitrogens is 2. The molecule has 174 valence electrons. The highest BCUT2D eigenvalue weighted by Crippen LogP contribution is 2.35. The van der Waals surface area contributed by atoms with Crippen LogP contribution in [0.5, 0.6) is 0 Å². The van der Waals surface area contributed by atoms with Crippen molar-refractivity contribution in [1.29, 1.82) is 0 Å². The Morgan fingerprint density at radius 3 is 2.47 bits per heavy atom. The van der Waals surface area contributed by atoms with Crippen LogP contribution in [0, 0.1) is 0 Å². The summed E-state index contributed by atoms with van der Waals surface area (Å²) in [5.74, 6) is 0.599. The average Bonchev–Trinajstić information content (AvgIpc) is 3.46. The van der Waals surface area contributed by atoms with Crippen molar-refractivity contribution in [2.24, 2.45) is 0 Å². The van der Waals surface area contributed by atoms with Gasteiger partial charge in [-0.25, -0.2) is 4.79 Å².